The van der Waals surface area contributed by atoms with Crippen molar-refractivity contribution in [1.29, 1.82) is 0 Å². The summed E-state index contributed by atoms with van der Waals surface area (Å²) in [4.78, 5) is 53.3. The normalized spacial score (nSPS) is 17.4. The van der Waals surface area contributed by atoms with Crippen molar-refractivity contribution in [3.63, 3.8) is 0 Å². The molecule has 18 heteroatoms. The van der Waals surface area contributed by atoms with Crippen molar-refractivity contribution in [2.75, 3.05) is 43.6 Å². The number of carboxylic acid groups (broad SMARTS) is 1. The van der Waals surface area contributed by atoms with Crippen molar-refractivity contribution in [3.8, 4) is 11.5 Å². The molecule has 62 heavy (non-hydrogen) atoms. The molecule has 0 saturated carbocycles. The Morgan fingerprint density at radius 3 is 2.16 bits per heavy atom. The van der Waals surface area contributed by atoms with E-state index < -0.39 is 54.7 Å². The Bertz CT molecular complexity index is 2950. The summed E-state index contributed by atoms with van der Waals surface area (Å²) in [6.07, 6.45) is 7.51. The van der Waals surface area contributed by atoms with Gasteiger partial charge in [0.15, 0.2) is 5.54 Å². The Labute approximate surface area is 358 Å². The molecule has 4 heterocycles. The van der Waals surface area contributed by atoms with Crippen molar-refractivity contribution >= 4 is 66.3 Å². The van der Waals surface area contributed by atoms with Crippen LogP contribution in [0.4, 0.5) is 5.69 Å². The van der Waals surface area contributed by atoms with E-state index in [2.05, 4.69) is 5.32 Å². The van der Waals surface area contributed by atoms with Crippen molar-refractivity contribution < 1.29 is 55.0 Å². The average molecular weight is 887 g/mol. The van der Waals surface area contributed by atoms with Gasteiger partial charge < -0.3 is 24.6 Å². The van der Waals surface area contributed by atoms with Gasteiger partial charge in [-0.3, -0.25) is 23.8 Å². The van der Waals surface area contributed by atoms with Crippen LogP contribution in [0, 0.1) is 0 Å². The van der Waals surface area contributed by atoms with Gasteiger partial charge in [0, 0.05) is 85.4 Å². The molecule has 0 bridgehead atoms. The Morgan fingerprint density at radius 2 is 1.52 bits per heavy atom. The van der Waals surface area contributed by atoms with Crippen molar-refractivity contribution in [2.45, 2.75) is 58.0 Å². The summed E-state index contributed by atoms with van der Waals surface area (Å²) in [6, 6.07) is 10.9. The van der Waals surface area contributed by atoms with Gasteiger partial charge in [-0.25, -0.2) is 17.8 Å². The Hall–Kier alpha value is -5.95. The van der Waals surface area contributed by atoms with E-state index in [0.29, 0.717) is 63.4 Å². The molecule has 0 radical (unpaired) electrons. The van der Waals surface area contributed by atoms with Crippen LogP contribution in [0.5, 0.6) is 11.5 Å². The summed E-state index contributed by atoms with van der Waals surface area (Å²) in [5.74, 6) is -3.62. The van der Waals surface area contributed by atoms with Crippen LogP contribution in [-0.4, -0.2) is 109 Å². The molecule has 16 nitrogen and oxygen atoms in total. The van der Waals surface area contributed by atoms with Crippen LogP contribution in [0.25, 0.3) is 16.7 Å². The molecular formula is C44H46N4O12S2. The van der Waals surface area contributed by atoms with E-state index in [1.54, 1.807) is 36.4 Å². The number of likely N-dealkylation sites (N-methyl/N-ethyl adjacent to an activating group) is 2. The number of hydrogen-bond acceptors (Lipinski definition) is 11. The van der Waals surface area contributed by atoms with Crippen LogP contribution in [0.3, 0.4) is 0 Å². The number of fused-ring (bicyclic) bond motifs is 4. The lowest BCUT2D eigenvalue weighted by Gasteiger charge is -2.42. The van der Waals surface area contributed by atoms with Gasteiger partial charge in [0.25, 0.3) is 27.8 Å². The third kappa shape index (κ3) is 8.59. The molecule has 0 spiro atoms. The zero-order valence-electron chi connectivity index (χ0n) is 34.9. The number of anilines is 1. The monoisotopic (exact) mass is 886 g/mol. The highest BCUT2D eigenvalue weighted by molar-refractivity contribution is 7.86. The third-order valence-electron chi connectivity index (χ3n) is 11.8. The standard InChI is InChI=1S/C44H46N4O12S2/c1-43(2)21-26(23-61(54,55)56)29-17-32-36(19-34(29)46(43)5)60-37-20-35-30(27(24-62(57,58)59)22-44(3,4)47(35)6)18-33(37)40(32)28-11-10-25(16-31(28)42(52)53)41(51)45-14-8-7-9-15-48-38(49)12-13-39(48)50/h10-13,16-22H,7-9,14-15,23-24H2,1-6H3,(H3-,45,51,52,53,54,55,56,57,58,59). The highest BCUT2D eigenvalue weighted by atomic mass is 32.2. The Morgan fingerprint density at radius 1 is 0.839 bits per heavy atom. The number of carbonyl (C=O) groups excluding carboxylic acids is 3. The number of nitrogens with one attached hydrogen (secondary N) is 1. The zero-order chi connectivity index (χ0) is 45.3. The first-order chi connectivity index (χ1) is 28.8. The van der Waals surface area contributed by atoms with Gasteiger partial charge in [0.1, 0.15) is 24.3 Å². The summed E-state index contributed by atoms with van der Waals surface area (Å²) in [5, 5.41) is 14.4. The third-order valence-corrected chi connectivity index (χ3v) is 13.2. The molecule has 7 rings (SSSR count). The Kier molecular flexibility index (Phi) is 11.2. The van der Waals surface area contributed by atoms with E-state index >= 15 is 0 Å². The number of imide groups is 1. The fraction of sp³-hybridized carbons (Fsp3) is 0.341. The van der Waals surface area contributed by atoms with Crippen molar-refractivity contribution in [3.05, 3.63) is 111 Å². The van der Waals surface area contributed by atoms with E-state index in [9.17, 15) is 50.2 Å². The van der Waals surface area contributed by atoms with E-state index in [0.717, 1.165) is 4.90 Å². The highest BCUT2D eigenvalue weighted by Crippen LogP contribution is 2.46. The minimum atomic E-state index is -4.77. The summed E-state index contributed by atoms with van der Waals surface area (Å²) in [6.45, 7) is 7.96. The number of carbonyl (C=O) groups is 4. The molecule has 3 aromatic carbocycles. The summed E-state index contributed by atoms with van der Waals surface area (Å²) < 4.78 is 79.9. The second-order valence-corrected chi connectivity index (χ2v) is 19.8. The fourth-order valence-corrected chi connectivity index (χ4v) is 9.63. The van der Waals surface area contributed by atoms with Gasteiger partial charge in [0.2, 0.25) is 5.36 Å². The largest absolute Gasteiger partial charge is 0.748 e. The summed E-state index contributed by atoms with van der Waals surface area (Å²) in [7, 11) is -5.65. The second kappa shape index (κ2) is 15.7. The van der Waals surface area contributed by atoms with E-state index in [-0.39, 0.29) is 58.7 Å². The van der Waals surface area contributed by atoms with Crippen molar-refractivity contribution in [1.82, 2.24) is 14.8 Å². The SMILES string of the molecule is CN1c2cc3c(cc2C(CS(=O)(=O)[O-])=CC1(C)C)C(c1ccc(C(=O)NCCCCCN2C(=O)C=CC2=O)cc1C(=O)O)=c1cc2c(cc1O3)=[N+](C)C(C)(C)C=C2CS(=O)(=O)O. The lowest BCUT2D eigenvalue weighted by Crippen LogP contribution is -2.47. The van der Waals surface area contributed by atoms with E-state index in [4.69, 9.17) is 4.74 Å². The quantitative estimate of drug-likeness (QED) is 0.0760. The lowest BCUT2D eigenvalue weighted by atomic mass is 9.83. The molecule has 0 aliphatic carbocycles. The highest BCUT2D eigenvalue weighted by Gasteiger charge is 2.37. The minimum Gasteiger partial charge on any atom is -0.748 e. The minimum absolute atomic E-state index is 0.0476. The number of rotatable bonds is 13. The number of unbranched alkanes of at least 4 members (excludes halogenated alkanes) is 2. The van der Waals surface area contributed by atoms with Crippen LogP contribution in [-0.2, 0) is 29.8 Å². The average Bonchev–Trinajstić information content (AvgIpc) is 3.49. The molecule has 4 aliphatic heterocycles. The second-order valence-electron chi connectivity index (χ2n) is 16.9. The molecule has 0 atom stereocenters. The number of carboxylic acids is 1. The lowest BCUT2D eigenvalue weighted by molar-refractivity contribution is -0.136. The van der Waals surface area contributed by atoms with Crippen LogP contribution >= 0.6 is 0 Å². The maximum atomic E-state index is 13.4. The van der Waals surface area contributed by atoms with Crippen molar-refractivity contribution in [2.24, 2.45) is 0 Å². The fourth-order valence-electron chi connectivity index (χ4n) is 8.38. The molecule has 4 aliphatic rings. The predicted molar refractivity (Wildman–Crippen MR) is 230 cm³/mol. The van der Waals surface area contributed by atoms with Crippen LogP contribution < -0.4 is 30.1 Å². The topological polar surface area (TPSA) is 231 Å². The first-order valence-electron chi connectivity index (χ1n) is 19.8. The van der Waals surface area contributed by atoms with Crippen LogP contribution in [0.15, 0.2) is 66.8 Å². The molecular weight excluding hydrogens is 841 g/mol. The number of amides is 3. The first-order valence-corrected chi connectivity index (χ1v) is 23.0. The molecule has 3 N–H and O–H groups in total. The first kappa shape index (κ1) is 44.1. The number of benzene rings is 3. The number of nitrogens with zero attached hydrogens (tertiary/aromatic N) is 3. The van der Waals surface area contributed by atoms with Gasteiger partial charge >= 0.3 is 5.97 Å². The van der Waals surface area contributed by atoms with Crippen LogP contribution in [0.2, 0.25) is 0 Å². The maximum Gasteiger partial charge on any atom is 0.336 e. The summed E-state index contributed by atoms with van der Waals surface area (Å²) in [5.41, 5.74) is 1.01. The van der Waals surface area contributed by atoms with Gasteiger partial charge in [0.05, 0.1) is 38.6 Å². The molecule has 326 valence electrons. The van der Waals surface area contributed by atoms with Gasteiger partial charge in [-0.2, -0.15) is 8.42 Å². The smallest absolute Gasteiger partial charge is 0.336 e. The van der Waals surface area contributed by atoms with E-state index in [1.165, 1.54) is 30.4 Å². The maximum absolute atomic E-state index is 13.4. The molecule has 0 fully saturated rings. The Balaban J connectivity index is 1.37. The van der Waals surface area contributed by atoms with Gasteiger partial charge in [-0.05, 0) is 80.2 Å². The number of ether oxygens (including phenoxy) is 1. The summed E-state index contributed by atoms with van der Waals surface area (Å²) >= 11 is 0. The number of aromatic carboxylic acids is 1. The zero-order valence-corrected chi connectivity index (χ0v) is 36.6. The predicted octanol–water partition coefficient (Wildman–Crippen LogP) is 2.90. The van der Waals surface area contributed by atoms with Gasteiger partial charge in [-0.1, -0.05) is 12.1 Å². The number of hydrogen-bond donors (Lipinski definition) is 3. The molecule has 0 saturated heterocycles. The van der Waals surface area contributed by atoms with E-state index in [1.807, 2.05) is 51.3 Å². The molecule has 3 amide bonds. The molecule has 0 unspecified atom stereocenters. The van der Waals surface area contributed by atoms with Crippen LogP contribution in [0.1, 0.15) is 89.9 Å². The van der Waals surface area contributed by atoms with Gasteiger partial charge in [-0.15, -0.1) is 0 Å². The molecule has 0 aromatic heterocycles. The molecule has 3 aromatic rings.